The van der Waals surface area contributed by atoms with Gasteiger partial charge in [0.05, 0.1) is 12.5 Å². The largest absolute Gasteiger partial charge is 0.493 e. The Morgan fingerprint density at radius 3 is 2.75 bits per heavy atom. The molecule has 0 saturated carbocycles. The minimum Gasteiger partial charge on any atom is -0.493 e. The Bertz CT molecular complexity index is 483. The third kappa shape index (κ3) is 2.71. The fourth-order valence-electron chi connectivity index (χ4n) is 3.13. The van der Waals surface area contributed by atoms with E-state index in [0.29, 0.717) is 6.61 Å². The Morgan fingerprint density at radius 2 is 2.00 bits per heavy atom. The molecule has 2 aliphatic heterocycles. The first-order valence-electron chi connectivity index (χ1n) is 7.36. The summed E-state index contributed by atoms with van der Waals surface area (Å²) in [5.41, 5.74) is 1.06. The van der Waals surface area contributed by atoms with E-state index in [2.05, 4.69) is 15.9 Å². The number of fused-ring (bicyclic) bond motifs is 1. The number of alkyl halides is 1. The van der Waals surface area contributed by atoms with E-state index in [9.17, 15) is 4.79 Å². The second-order valence-electron chi connectivity index (χ2n) is 5.65. The van der Waals surface area contributed by atoms with Crippen molar-refractivity contribution in [1.29, 1.82) is 0 Å². The molecule has 4 heteroatoms. The number of ether oxygens (including phenoxy) is 1. The molecule has 0 spiro atoms. The minimum absolute atomic E-state index is 0.0135. The van der Waals surface area contributed by atoms with E-state index in [-0.39, 0.29) is 11.8 Å². The smallest absolute Gasteiger partial charge is 0.230 e. The number of halogens is 1. The maximum atomic E-state index is 12.8. The molecule has 0 bridgehead atoms. The van der Waals surface area contributed by atoms with Crippen molar-refractivity contribution in [2.45, 2.75) is 25.2 Å². The number of benzene rings is 1. The van der Waals surface area contributed by atoms with Gasteiger partial charge in [0.2, 0.25) is 5.91 Å². The van der Waals surface area contributed by atoms with Crippen molar-refractivity contribution in [3.05, 3.63) is 29.8 Å². The summed E-state index contributed by atoms with van der Waals surface area (Å²) >= 11 is 3.55. The van der Waals surface area contributed by atoms with Crippen LogP contribution in [0.3, 0.4) is 0 Å². The summed E-state index contributed by atoms with van der Waals surface area (Å²) in [7, 11) is 0. The molecule has 3 rings (SSSR count). The fourth-order valence-corrected chi connectivity index (χ4v) is 3.77. The second kappa shape index (κ2) is 6.17. The number of likely N-dealkylation sites (tertiary alicyclic amines) is 1. The van der Waals surface area contributed by atoms with Crippen LogP contribution in [0.5, 0.6) is 5.75 Å². The molecule has 1 amide bonds. The first kappa shape index (κ1) is 13.9. The standard InChI is InChI=1S/C16H20BrNO2/c17-11-12-5-8-18(9-6-12)16(19)14-7-10-20-15-4-2-1-3-13(14)15/h1-4,12,14H,5-11H2. The van der Waals surface area contributed by atoms with Crippen molar-refractivity contribution in [1.82, 2.24) is 4.90 Å². The number of nitrogens with zero attached hydrogens (tertiary/aromatic N) is 1. The summed E-state index contributed by atoms with van der Waals surface area (Å²) in [6, 6.07) is 7.95. The number of hydrogen-bond acceptors (Lipinski definition) is 2. The maximum Gasteiger partial charge on any atom is 0.230 e. The second-order valence-corrected chi connectivity index (χ2v) is 6.30. The van der Waals surface area contributed by atoms with Crippen LogP contribution in [0, 0.1) is 5.92 Å². The van der Waals surface area contributed by atoms with Gasteiger partial charge >= 0.3 is 0 Å². The molecule has 1 fully saturated rings. The number of carbonyl (C=O) groups excluding carboxylic acids is 1. The fraction of sp³-hybridized carbons (Fsp3) is 0.562. The average Bonchev–Trinajstić information content (AvgIpc) is 2.54. The molecule has 108 valence electrons. The van der Waals surface area contributed by atoms with Crippen LogP contribution in [0.15, 0.2) is 24.3 Å². The predicted molar refractivity (Wildman–Crippen MR) is 82.4 cm³/mol. The average molecular weight is 338 g/mol. The topological polar surface area (TPSA) is 29.5 Å². The van der Waals surface area contributed by atoms with Crippen molar-refractivity contribution < 1.29 is 9.53 Å². The van der Waals surface area contributed by atoms with E-state index in [1.807, 2.05) is 29.2 Å². The van der Waals surface area contributed by atoms with Crippen molar-refractivity contribution in [2.24, 2.45) is 5.92 Å². The molecule has 1 aromatic rings. The van der Waals surface area contributed by atoms with Gasteiger partial charge in [0.1, 0.15) is 5.75 Å². The van der Waals surface area contributed by atoms with Crippen LogP contribution in [0.4, 0.5) is 0 Å². The molecule has 0 aliphatic carbocycles. The Balaban J connectivity index is 1.72. The molecule has 1 saturated heterocycles. The van der Waals surface area contributed by atoms with Gasteiger partial charge in [0.25, 0.3) is 0 Å². The first-order chi connectivity index (χ1) is 9.79. The zero-order chi connectivity index (χ0) is 13.9. The molecular weight excluding hydrogens is 318 g/mol. The van der Waals surface area contributed by atoms with Crippen molar-refractivity contribution in [2.75, 3.05) is 25.0 Å². The van der Waals surface area contributed by atoms with E-state index in [1.54, 1.807) is 0 Å². The van der Waals surface area contributed by atoms with Crippen LogP contribution in [0.2, 0.25) is 0 Å². The highest BCUT2D eigenvalue weighted by atomic mass is 79.9. The highest BCUT2D eigenvalue weighted by Crippen LogP contribution is 2.35. The maximum absolute atomic E-state index is 12.8. The third-order valence-electron chi connectivity index (χ3n) is 4.40. The third-order valence-corrected chi connectivity index (χ3v) is 5.32. The van der Waals surface area contributed by atoms with Gasteiger partial charge in [-0.05, 0) is 31.2 Å². The van der Waals surface area contributed by atoms with Gasteiger partial charge < -0.3 is 9.64 Å². The van der Waals surface area contributed by atoms with Crippen molar-refractivity contribution in [3.8, 4) is 5.75 Å². The number of hydrogen-bond donors (Lipinski definition) is 0. The number of amides is 1. The Labute approximate surface area is 128 Å². The number of para-hydroxylation sites is 1. The number of carbonyl (C=O) groups is 1. The van der Waals surface area contributed by atoms with E-state index in [4.69, 9.17) is 4.74 Å². The van der Waals surface area contributed by atoms with Gasteiger partial charge in [-0.2, -0.15) is 0 Å². The van der Waals surface area contributed by atoms with Crippen LogP contribution in [-0.2, 0) is 4.79 Å². The molecule has 1 atom stereocenters. The van der Waals surface area contributed by atoms with Gasteiger partial charge in [-0.1, -0.05) is 34.1 Å². The number of piperidine rings is 1. The molecule has 3 nitrogen and oxygen atoms in total. The van der Waals surface area contributed by atoms with Gasteiger partial charge in [-0.3, -0.25) is 4.79 Å². The van der Waals surface area contributed by atoms with Crippen LogP contribution in [-0.4, -0.2) is 35.8 Å². The monoisotopic (exact) mass is 337 g/mol. The predicted octanol–water partition coefficient (Wildman–Crippen LogP) is 3.19. The molecule has 0 N–H and O–H groups in total. The van der Waals surface area contributed by atoms with E-state index < -0.39 is 0 Å². The first-order valence-corrected chi connectivity index (χ1v) is 8.48. The van der Waals surface area contributed by atoms with Gasteiger partial charge in [0.15, 0.2) is 0 Å². The van der Waals surface area contributed by atoms with Gasteiger partial charge in [-0.15, -0.1) is 0 Å². The summed E-state index contributed by atoms with van der Waals surface area (Å²) in [6.07, 6.45) is 3.03. The van der Waals surface area contributed by atoms with E-state index in [1.165, 1.54) is 0 Å². The minimum atomic E-state index is -0.0135. The molecule has 20 heavy (non-hydrogen) atoms. The zero-order valence-electron chi connectivity index (χ0n) is 11.6. The van der Waals surface area contributed by atoms with Gasteiger partial charge in [0, 0.05) is 24.0 Å². The van der Waals surface area contributed by atoms with Gasteiger partial charge in [-0.25, -0.2) is 0 Å². The normalized spacial score (nSPS) is 23.1. The highest BCUT2D eigenvalue weighted by Gasteiger charge is 2.32. The lowest BCUT2D eigenvalue weighted by atomic mass is 9.90. The summed E-state index contributed by atoms with van der Waals surface area (Å²) in [6.45, 7) is 2.44. The van der Waals surface area contributed by atoms with Crippen LogP contribution < -0.4 is 4.74 Å². The molecule has 0 radical (unpaired) electrons. The van der Waals surface area contributed by atoms with E-state index in [0.717, 1.165) is 54.9 Å². The zero-order valence-corrected chi connectivity index (χ0v) is 13.1. The summed E-state index contributed by atoms with van der Waals surface area (Å²) < 4.78 is 5.65. The lowest BCUT2D eigenvalue weighted by Gasteiger charge is -2.35. The van der Waals surface area contributed by atoms with Crippen LogP contribution in [0.1, 0.15) is 30.7 Å². The van der Waals surface area contributed by atoms with Crippen molar-refractivity contribution >= 4 is 21.8 Å². The van der Waals surface area contributed by atoms with Crippen molar-refractivity contribution in [3.63, 3.8) is 0 Å². The SMILES string of the molecule is O=C(C1CCOc2ccccc21)N1CCC(CBr)CC1. The molecule has 0 aromatic heterocycles. The highest BCUT2D eigenvalue weighted by molar-refractivity contribution is 9.09. The summed E-state index contributed by atoms with van der Waals surface area (Å²) in [5.74, 6) is 1.88. The molecule has 2 heterocycles. The quantitative estimate of drug-likeness (QED) is 0.775. The lowest BCUT2D eigenvalue weighted by molar-refractivity contribution is -0.134. The van der Waals surface area contributed by atoms with Crippen LogP contribution >= 0.6 is 15.9 Å². The Hall–Kier alpha value is -1.03. The summed E-state index contributed by atoms with van der Waals surface area (Å²) in [5, 5.41) is 1.05. The summed E-state index contributed by atoms with van der Waals surface area (Å²) in [4.78, 5) is 14.8. The van der Waals surface area contributed by atoms with Crippen LogP contribution in [0.25, 0.3) is 0 Å². The van der Waals surface area contributed by atoms with E-state index >= 15 is 0 Å². The molecule has 1 aromatic carbocycles. The Morgan fingerprint density at radius 1 is 1.25 bits per heavy atom. The molecule has 2 aliphatic rings. The Kier molecular flexibility index (Phi) is 4.29. The number of rotatable bonds is 2. The molecular formula is C16H20BrNO2. The molecule has 1 unspecified atom stereocenters. The lowest BCUT2D eigenvalue weighted by Crippen LogP contribution is -2.42.